The molecule has 2 aromatic rings. The molecule has 2 N–H and O–H groups in total. The van der Waals surface area contributed by atoms with Gasteiger partial charge < -0.3 is 15.1 Å². The summed E-state index contributed by atoms with van der Waals surface area (Å²) < 4.78 is 5.56. The number of nitrogens with zero attached hydrogens (tertiary/aromatic N) is 1. The molecule has 5 nitrogen and oxygen atoms in total. The van der Waals surface area contributed by atoms with E-state index in [4.69, 9.17) is 4.42 Å². The molecule has 1 aromatic heterocycles. The highest BCUT2D eigenvalue weighted by molar-refractivity contribution is 5.92. The molecule has 0 radical (unpaired) electrons. The summed E-state index contributed by atoms with van der Waals surface area (Å²) >= 11 is 0. The van der Waals surface area contributed by atoms with Gasteiger partial charge in [-0.1, -0.05) is 24.3 Å². The third kappa shape index (κ3) is 2.88. The van der Waals surface area contributed by atoms with Crippen LogP contribution < -0.4 is 10.6 Å². The summed E-state index contributed by atoms with van der Waals surface area (Å²) in [7, 11) is 0. The third-order valence-electron chi connectivity index (χ3n) is 4.88. The van der Waals surface area contributed by atoms with Crippen LogP contribution in [0.5, 0.6) is 0 Å². The van der Waals surface area contributed by atoms with Gasteiger partial charge in [0.1, 0.15) is 6.26 Å². The van der Waals surface area contributed by atoms with E-state index in [1.165, 1.54) is 17.4 Å². The van der Waals surface area contributed by atoms with Crippen LogP contribution in [0.25, 0.3) is 0 Å². The van der Waals surface area contributed by atoms with Gasteiger partial charge in [0.15, 0.2) is 11.6 Å². The van der Waals surface area contributed by atoms with Crippen molar-refractivity contribution < 1.29 is 9.21 Å². The Kier molecular flexibility index (Phi) is 3.87. The monoisotopic (exact) mass is 311 g/mol. The Morgan fingerprint density at radius 3 is 2.91 bits per heavy atom. The average molecular weight is 311 g/mol. The standard InChI is InChI=1S/C18H21N3O2/c22-17(20-15-6-5-12-3-1-2-4-14(12)15)16-11-23-18(21-16)13-7-9-19-10-8-13/h1-4,11,13,15,19H,5-10H2,(H,20,22). The van der Waals surface area contributed by atoms with Crippen molar-refractivity contribution in [3.8, 4) is 0 Å². The first-order valence-corrected chi connectivity index (χ1v) is 8.36. The lowest BCUT2D eigenvalue weighted by Gasteiger charge is -2.19. The molecule has 0 bridgehead atoms. The van der Waals surface area contributed by atoms with Gasteiger partial charge in [0, 0.05) is 5.92 Å². The van der Waals surface area contributed by atoms with Gasteiger partial charge >= 0.3 is 0 Å². The molecule has 23 heavy (non-hydrogen) atoms. The van der Waals surface area contributed by atoms with E-state index in [0.29, 0.717) is 17.5 Å². The number of hydrogen-bond acceptors (Lipinski definition) is 4. The Hall–Kier alpha value is -2.14. The number of nitrogens with one attached hydrogen (secondary N) is 2. The molecule has 0 saturated carbocycles. The minimum atomic E-state index is -0.143. The molecule has 4 rings (SSSR count). The quantitative estimate of drug-likeness (QED) is 0.914. The number of amides is 1. The van der Waals surface area contributed by atoms with Crippen LogP contribution >= 0.6 is 0 Å². The molecule has 1 unspecified atom stereocenters. The number of carbonyl (C=O) groups excluding carboxylic acids is 1. The van der Waals surface area contributed by atoms with E-state index in [0.717, 1.165) is 38.8 Å². The zero-order chi connectivity index (χ0) is 15.6. The number of benzene rings is 1. The maximum Gasteiger partial charge on any atom is 0.273 e. The first-order valence-electron chi connectivity index (χ1n) is 8.36. The number of carbonyl (C=O) groups is 1. The average Bonchev–Trinajstić information content (AvgIpc) is 3.24. The Morgan fingerprint density at radius 2 is 2.04 bits per heavy atom. The van der Waals surface area contributed by atoms with Gasteiger partial charge in [-0.05, 0) is 49.9 Å². The zero-order valence-corrected chi connectivity index (χ0v) is 13.0. The van der Waals surface area contributed by atoms with E-state index < -0.39 is 0 Å². The van der Waals surface area contributed by atoms with Crippen molar-refractivity contribution in [3.63, 3.8) is 0 Å². The fraction of sp³-hybridized carbons (Fsp3) is 0.444. The third-order valence-corrected chi connectivity index (χ3v) is 4.88. The second kappa shape index (κ2) is 6.16. The molecule has 5 heteroatoms. The lowest BCUT2D eigenvalue weighted by Crippen LogP contribution is -2.28. The Bertz CT molecular complexity index is 704. The lowest BCUT2D eigenvalue weighted by atomic mass is 9.98. The summed E-state index contributed by atoms with van der Waals surface area (Å²) in [5, 5.41) is 6.42. The van der Waals surface area contributed by atoms with Crippen LogP contribution in [0.3, 0.4) is 0 Å². The Morgan fingerprint density at radius 1 is 1.22 bits per heavy atom. The van der Waals surface area contributed by atoms with Gasteiger partial charge in [0.2, 0.25) is 0 Å². The van der Waals surface area contributed by atoms with Crippen LogP contribution in [0.1, 0.15) is 58.7 Å². The molecule has 1 saturated heterocycles. The predicted molar refractivity (Wildman–Crippen MR) is 86.3 cm³/mol. The summed E-state index contributed by atoms with van der Waals surface area (Å²) in [5.74, 6) is 0.879. The SMILES string of the molecule is O=C(NC1CCc2ccccc21)c1coc(C2CCNCC2)n1. The van der Waals surface area contributed by atoms with Crippen molar-refractivity contribution in [2.45, 2.75) is 37.6 Å². The number of aryl methyl sites for hydroxylation is 1. The normalized spacial score (nSPS) is 21.1. The van der Waals surface area contributed by atoms with E-state index in [1.807, 2.05) is 12.1 Å². The van der Waals surface area contributed by atoms with Crippen molar-refractivity contribution in [1.82, 2.24) is 15.6 Å². The number of oxazole rings is 1. The second-order valence-electron chi connectivity index (χ2n) is 6.36. The number of fused-ring (bicyclic) bond motifs is 1. The lowest BCUT2D eigenvalue weighted by molar-refractivity contribution is 0.0931. The van der Waals surface area contributed by atoms with Crippen molar-refractivity contribution >= 4 is 5.91 Å². The fourth-order valence-corrected chi connectivity index (χ4v) is 3.59. The minimum Gasteiger partial charge on any atom is -0.448 e. The van der Waals surface area contributed by atoms with Crippen LogP contribution in [0.15, 0.2) is 34.9 Å². The van der Waals surface area contributed by atoms with E-state index in [1.54, 1.807) is 0 Å². The summed E-state index contributed by atoms with van der Waals surface area (Å²) in [6.45, 7) is 1.96. The number of rotatable bonds is 3. The van der Waals surface area contributed by atoms with Crippen LogP contribution in [0, 0.1) is 0 Å². The Labute approximate surface area is 135 Å². The first-order chi connectivity index (χ1) is 11.3. The van der Waals surface area contributed by atoms with Gasteiger partial charge in [-0.2, -0.15) is 0 Å². The highest BCUT2D eigenvalue weighted by Crippen LogP contribution is 2.31. The fourth-order valence-electron chi connectivity index (χ4n) is 3.59. The van der Waals surface area contributed by atoms with Gasteiger partial charge in [0.25, 0.3) is 5.91 Å². The molecule has 2 heterocycles. The summed E-state index contributed by atoms with van der Waals surface area (Å²) in [6.07, 6.45) is 5.48. The van der Waals surface area contributed by atoms with Gasteiger partial charge in [-0.25, -0.2) is 4.98 Å². The largest absolute Gasteiger partial charge is 0.448 e. The van der Waals surface area contributed by atoms with Crippen LogP contribution in [0.4, 0.5) is 0 Å². The molecular weight excluding hydrogens is 290 g/mol. The van der Waals surface area contributed by atoms with Crippen molar-refractivity contribution in [2.75, 3.05) is 13.1 Å². The minimum absolute atomic E-state index is 0.0812. The van der Waals surface area contributed by atoms with Crippen molar-refractivity contribution in [2.24, 2.45) is 0 Å². The molecule has 1 aliphatic heterocycles. The Balaban J connectivity index is 1.45. The van der Waals surface area contributed by atoms with E-state index in [2.05, 4.69) is 27.8 Å². The van der Waals surface area contributed by atoms with Crippen molar-refractivity contribution in [3.05, 3.63) is 53.2 Å². The zero-order valence-electron chi connectivity index (χ0n) is 13.0. The van der Waals surface area contributed by atoms with E-state index >= 15 is 0 Å². The topological polar surface area (TPSA) is 67.2 Å². The maximum atomic E-state index is 12.5. The van der Waals surface area contributed by atoms with Gasteiger partial charge in [0.05, 0.1) is 6.04 Å². The maximum absolute atomic E-state index is 12.5. The van der Waals surface area contributed by atoms with Gasteiger partial charge in [-0.15, -0.1) is 0 Å². The van der Waals surface area contributed by atoms with Crippen LogP contribution in [-0.2, 0) is 6.42 Å². The highest BCUT2D eigenvalue weighted by atomic mass is 16.3. The predicted octanol–water partition coefficient (Wildman–Crippen LogP) is 2.56. The first kappa shape index (κ1) is 14.5. The highest BCUT2D eigenvalue weighted by Gasteiger charge is 2.26. The van der Waals surface area contributed by atoms with Crippen LogP contribution in [0.2, 0.25) is 0 Å². The summed E-state index contributed by atoms with van der Waals surface area (Å²) in [6, 6.07) is 8.38. The molecule has 1 fully saturated rings. The van der Waals surface area contributed by atoms with Gasteiger partial charge in [-0.3, -0.25) is 4.79 Å². The number of aromatic nitrogens is 1. The molecule has 120 valence electrons. The van der Waals surface area contributed by atoms with Crippen molar-refractivity contribution in [1.29, 1.82) is 0 Å². The molecule has 1 amide bonds. The molecule has 1 aromatic carbocycles. The summed E-state index contributed by atoms with van der Waals surface area (Å²) in [4.78, 5) is 16.9. The van der Waals surface area contributed by atoms with E-state index in [-0.39, 0.29) is 11.9 Å². The van der Waals surface area contributed by atoms with E-state index in [9.17, 15) is 4.79 Å². The molecular formula is C18H21N3O2. The number of hydrogen-bond donors (Lipinski definition) is 2. The molecule has 0 spiro atoms. The molecule has 2 aliphatic rings. The smallest absolute Gasteiger partial charge is 0.273 e. The molecule has 1 aliphatic carbocycles. The number of piperidine rings is 1. The summed E-state index contributed by atoms with van der Waals surface area (Å²) in [5.41, 5.74) is 2.94. The van der Waals surface area contributed by atoms with Crippen LogP contribution in [-0.4, -0.2) is 24.0 Å². The second-order valence-corrected chi connectivity index (χ2v) is 6.36. The molecule has 1 atom stereocenters.